The topological polar surface area (TPSA) is 66.4 Å². The van der Waals surface area contributed by atoms with Gasteiger partial charge < -0.3 is 10.4 Å². The molecule has 0 fully saturated rings. The minimum absolute atomic E-state index is 0.278. The molecule has 0 atom stereocenters. The summed E-state index contributed by atoms with van der Waals surface area (Å²) in [6.07, 6.45) is 2.26. The number of carboxylic acids is 1. The van der Waals surface area contributed by atoms with Crippen LogP contribution in [0.5, 0.6) is 0 Å². The molecule has 1 aromatic carbocycles. The van der Waals surface area contributed by atoms with Gasteiger partial charge in [0.15, 0.2) is 11.6 Å². The van der Waals surface area contributed by atoms with Crippen LogP contribution in [0.25, 0.3) is 0 Å². The Kier molecular flexibility index (Phi) is 4.74. The molecule has 0 radical (unpaired) electrons. The van der Waals surface area contributed by atoms with Crippen molar-refractivity contribution < 1.29 is 23.5 Å². The van der Waals surface area contributed by atoms with Gasteiger partial charge in [-0.1, -0.05) is 13.0 Å². The van der Waals surface area contributed by atoms with Gasteiger partial charge in [0.25, 0.3) is 5.91 Å². The van der Waals surface area contributed by atoms with Crippen molar-refractivity contribution in [1.29, 1.82) is 0 Å². The molecule has 1 aromatic rings. The number of benzene rings is 1. The van der Waals surface area contributed by atoms with Crippen LogP contribution >= 0.6 is 0 Å². The van der Waals surface area contributed by atoms with Gasteiger partial charge in [-0.05, 0) is 19.4 Å². The Morgan fingerprint density at radius 1 is 1.32 bits per heavy atom. The second kappa shape index (κ2) is 6.08. The fourth-order valence-electron chi connectivity index (χ4n) is 1.45. The summed E-state index contributed by atoms with van der Waals surface area (Å²) >= 11 is 0. The number of amides is 1. The Labute approximate surface area is 108 Å². The number of carbonyl (C=O) groups excluding carboxylic acids is 1. The van der Waals surface area contributed by atoms with Crippen LogP contribution in [-0.4, -0.2) is 17.0 Å². The second-order valence-corrected chi connectivity index (χ2v) is 3.87. The summed E-state index contributed by atoms with van der Waals surface area (Å²) in [5.41, 5.74) is -0.416. The summed E-state index contributed by atoms with van der Waals surface area (Å²) in [6, 6.07) is 1.18. The van der Waals surface area contributed by atoms with Crippen molar-refractivity contribution in [3.8, 4) is 0 Å². The average molecular weight is 269 g/mol. The predicted octanol–water partition coefficient (Wildman–Crippen LogP) is 2.96. The molecule has 102 valence electrons. The minimum atomic E-state index is -1.45. The zero-order chi connectivity index (χ0) is 14.6. The Bertz CT molecular complexity index is 553. The Morgan fingerprint density at radius 3 is 2.42 bits per heavy atom. The highest BCUT2D eigenvalue weighted by atomic mass is 19.2. The maximum atomic E-state index is 13.1. The third-order valence-corrected chi connectivity index (χ3v) is 2.41. The van der Waals surface area contributed by atoms with E-state index in [1.54, 1.807) is 13.0 Å². The highest BCUT2D eigenvalue weighted by Crippen LogP contribution is 2.20. The molecule has 0 aromatic heterocycles. The summed E-state index contributed by atoms with van der Waals surface area (Å²) in [7, 11) is 0. The van der Waals surface area contributed by atoms with Crippen LogP contribution in [0, 0.1) is 11.6 Å². The standard InChI is InChI=1S/C13H13F2NO3/c1-3-4-7(2)12(17)16-11-6-10(15)9(14)5-8(11)13(18)19/h4-6H,3H2,1-2H3,(H,16,17)(H,18,19)/b7-4+. The van der Waals surface area contributed by atoms with Crippen molar-refractivity contribution in [3.05, 3.63) is 41.0 Å². The number of halogens is 2. The molecule has 1 rings (SSSR count). The van der Waals surface area contributed by atoms with Crippen molar-refractivity contribution >= 4 is 17.6 Å². The van der Waals surface area contributed by atoms with Crippen LogP contribution < -0.4 is 5.32 Å². The number of anilines is 1. The number of rotatable bonds is 4. The highest BCUT2D eigenvalue weighted by Gasteiger charge is 2.17. The molecule has 0 aliphatic carbocycles. The number of hydrogen-bond donors (Lipinski definition) is 2. The molecule has 0 saturated carbocycles. The molecule has 0 aliphatic rings. The normalized spacial score (nSPS) is 11.3. The number of aromatic carboxylic acids is 1. The summed E-state index contributed by atoms with van der Waals surface area (Å²) in [5.74, 6) is -4.52. The molecule has 0 saturated heterocycles. The van der Waals surface area contributed by atoms with Crippen molar-refractivity contribution in [3.63, 3.8) is 0 Å². The SMILES string of the molecule is CC/C=C(\C)C(=O)Nc1cc(F)c(F)cc1C(=O)O. The lowest BCUT2D eigenvalue weighted by Crippen LogP contribution is -2.16. The molecule has 1 amide bonds. The van der Waals surface area contributed by atoms with E-state index in [0.717, 1.165) is 0 Å². The fraction of sp³-hybridized carbons (Fsp3) is 0.231. The zero-order valence-corrected chi connectivity index (χ0v) is 10.5. The first-order valence-corrected chi connectivity index (χ1v) is 5.57. The lowest BCUT2D eigenvalue weighted by Gasteiger charge is -2.09. The lowest BCUT2D eigenvalue weighted by molar-refractivity contribution is -0.112. The molecule has 6 heteroatoms. The number of hydrogen-bond acceptors (Lipinski definition) is 2. The third-order valence-electron chi connectivity index (χ3n) is 2.41. The Hall–Kier alpha value is -2.24. The molecule has 0 aliphatic heterocycles. The van der Waals surface area contributed by atoms with E-state index in [0.29, 0.717) is 24.1 Å². The molecule has 0 spiro atoms. The maximum Gasteiger partial charge on any atom is 0.337 e. The Balaban J connectivity index is 3.13. The molecule has 19 heavy (non-hydrogen) atoms. The van der Waals surface area contributed by atoms with E-state index in [2.05, 4.69) is 5.32 Å². The number of allylic oxidation sites excluding steroid dienone is 1. The summed E-state index contributed by atoms with van der Waals surface area (Å²) in [5, 5.41) is 11.1. The van der Waals surface area contributed by atoms with E-state index in [1.807, 2.05) is 6.92 Å². The van der Waals surface area contributed by atoms with E-state index in [1.165, 1.54) is 0 Å². The number of carbonyl (C=O) groups is 2. The van der Waals surface area contributed by atoms with E-state index < -0.39 is 29.1 Å². The van der Waals surface area contributed by atoms with Crippen LogP contribution in [0.2, 0.25) is 0 Å². The lowest BCUT2D eigenvalue weighted by atomic mass is 10.1. The van der Waals surface area contributed by atoms with E-state index >= 15 is 0 Å². The summed E-state index contributed by atoms with van der Waals surface area (Å²) < 4.78 is 26.1. The summed E-state index contributed by atoms with van der Waals surface area (Å²) in [4.78, 5) is 22.6. The molecule has 0 heterocycles. The molecular weight excluding hydrogens is 256 g/mol. The van der Waals surface area contributed by atoms with Gasteiger partial charge in [0, 0.05) is 11.6 Å². The van der Waals surface area contributed by atoms with Crippen LogP contribution in [0.1, 0.15) is 30.6 Å². The molecule has 4 nitrogen and oxygen atoms in total. The van der Waals surface area contributed by atoms with Crippen LogP contribution in [0.3, 0.4) is 0 Å². The molecule has 0 unspecified atom stereocenters. The van der Waals surface area contributed by atoms with Gasteiger partial charge in [0.1, 0.15) is 0 Å². The van der Waals surface area contributed by atoms with Gasteiger partial charge in [-0.25, -0.2) is 13.6 Å². The second-order valence-electron chi connectivity index (χ2n) is 3.87. The number of nitrogens with one attached hydrogen (secondary N) is 1. The molecule has 0 bridgehead atoms. The molecular formula is C13H13F2NO3. The van der Waals surface area contributed by atoms with Gasteiger partial charge in [0.05, 0.1) is 11.3 Å². The van der Waals surface area contributed by atoms with Crippen LogP contribution in [0.4, 0.5) is 14.5 Å². The Morgan fingerprint density at radius 2 is 1.89 bits per heavy atom. The highest BCUT2D eigenvalue weighted by molar-refractivity contribution is 6.07. The first-order valence-electron chi connectivity index (χ1n) is 5.57. The van der Waals surface area contributed by atoms with Gasteiger partial charge >= 0.3 is 5.97 Å². The van der Waals surface area contributed by atoms with E-state index in [4.69, 9.17) is 5.11 Å². The quantitative estimate of drug-likeness (QED) is 0.826. The fourth-order valence-corrected chi connectivity index (χ4v) is 1.45. The van der Waals surface area contributed by atoms with Crippen molar-refractivity contribution in [2.75, 3.05) is 5.32 Å². The van der Waals surface area contributed by atoms with Gasteiger partial charge in [-0.3, -0.25) is 4.79 Å². The van der Waals surface area contributed by atoms with Gasteiger partial charge in [-0.2, -0.15) is 0 Å². The average Bonchev–Trinajstić information content (AvgIpc) is 2.33. The van der Waals surface area contributed by atoms with Crippen LogP contribution in [-0.2, 0) is 4.79 Å². The summed E-state index contributed by atoms with van der Waals surface area (Å²) in [6.45, 7) is 3.37. The van der Waals surface area contributed by atoms with Crippen LogP contribution in [0.15, 0.2) is 23.8 Å². The van der Waals surface area contributed by atoms with Gasteiger partial charge in [0.2, 0.25) is 0 Å². The number of carboxylic acid groups (broad SMARTS) is 1. The largest absolute Gasteiger partial charge is 0.478 e. The first-order chi connectivity index (χ1) is 8.86. The van der Waals surface area contributed by atoms with Gasteiger partial charge in [-0.15, -0.1) is 0 Å². The third kappa shape index (κ3) is 3.61. The van der Waals surface area contributed by atoms with Crippen molar-refractivity contribution in [1.82, 2.24) is 0 Å². The van der Waals surface area contributed by atoms with E-state index in [9.17, 15) is 18.4 Å². The smallest absolute Gasteiger partial charge is 0.337 e. The van der Waals surface area contributed by atoms with E-state index in [-0.39, 0.29) is 5.69 Å². The first kappa shape index (κ1) is 14.8. The molecule has 2 N–H and O–H groups in total. The monoisotopic (exact) mass is 269 g/mol. The maximum absolute atomic E-state index is 13.1. The van der Waals surface area contributed by atoms with Crippen molar-refractivity contribution in [2.45, 2.75) is 20.3 Å². The minimum Gasteiger partial charge on any atom is -0.478 e. The zero-order valence-electron chi connectivity index (χ0n) is 10.5. The predicted molar refractivity (Wildman–Crippen MR) is 66.0 cm³/mol. The van der Waals surface area contributed by atoms with Crippen molar-refractivity contribution in [2.24, 2.45) is 0 Å².